The maximum absolute atomic E-state index is 6.00. The maximum Gasteiger partial charge on any atom is 0.119 e. The zero-order chi connectivity index (χ0) is 12.6. The van der Waals surface area contributed by atoms with Crippen LogP contribution in [0.4, 0.5) is 0 Å². The fourth-order valence-corrected chi connectivity index (χ4v) is 2.99. The summed E-state index contributed by atoms with van der Waals surface area (Å²) in [4.78, 5) is 11.8. The molecule has 0 bridgehead atoms. The molecule has 2 aromatic heterocycles. The molecule has 0 aromatic carbocycles. The first kappa shape index (κ1) is 12.0. The van der Waals surface area contributed by atoms with E-state index >= 15 is 0 Å². The zero-order valence-electron chi connectivity index (χ0n) is 9.74. The van der Waals surface area contributed by atoms with Crippen LogP contribution >= 0.6 is 23.2 Å². The van der Waals surface area contributed by atoms with Gasteiger partial charge in [-0.05, 0) is 30.5 Å². The van der Waals surface area contributed by atoms with Gasteiger partial charge in [0, 0.05) is 36.6 Å². The van der Waals surface area contributed by atoms with E-state index in [1.54, 1.807) is 12.4 Å². The van der Waals surface area contributed by atoms with Crippen LogP contribution in [0.15, 0.2) is 30.7 Å². The molecular formula is C13H13Cl2N3. The summed E-state index contributed by atoms with van der Waals surface area (Å²) < 4.78 is -0.553. The van der Waals surface area contributed by atoms with Crippen LogP contribution in [-0.2, 0) is 6.42 Å². The molecule has 0 unspecified atom stereocenters. The Bertz CT molecular complexity index is 528. The highest BCUT2D eigenvalue weighted by Gasteiger charge is 2.43. The van der Waals surface area contributed by atoms with Gasteiger partial charge in [-0.25, -0.2) is 4.98 Å². The van der Waals surface area contributed by atoms with Crippen LogP contribution in [0.1, 0.15) is 35.8 Å². The third-order valence-electron chi connectivity index (χ3n) is 3.27. The van der Waals surface area contributed by atoms with Gasteiger partial charge in [-0.1, -0.05) is 0 Å². The molecule has 1 aliphatic rings. The number of alkyl halides is 2. The van der Waals surface area contributed by atoms with Crippen molar-refractivity contribution in [1.82, 2.24) is 15.0 Å². The average molecular weight is 282 g/mol. The summed E-state index contributed by atoms with van der Waals surface area (Å²) in [6.07, 6.45) is 7.88. The standard InChI is InChI=1S/C13H13Cl2N3/c14-13(15)6-10(7-13)12-17-8-11(18-12)5-9-1-3-16-4-2-9/h1-4,8,10H,5-7H2,(H,17,18). The van der Waals surface area contributed by atoms with E-state index in [-0.39, 0.29) is 0 Å². The molecule has 5 heteroatoms. The molecule has 0 saturated heterocycles. The van der Waals surface area contributed by atoms with E-state index in [0.717, 1.165) is 30.8 Å². The Morgan fingerprint density at radius 2 is 2.00 bits per heavy atom. The number of hydrogen-bond donors (Lipinski definition) is 1. The molecule has 18 heavy (non-hydrogen) atoms. The Morgan fingerprint density at radius 3 is 2.67 bits per heavy atom. The van der Waals surface area contributed by atoms with Gasteiger partial charge in [-0.2, -0.15) is 0 Å². The van der Waals surface area contributed by atoms with E-state index in [1.165, 1.54) is 5.56 Å². The van der Waals surface area contributed by atoms with Gasteiger partial charge in [-0.15, -0.1) is 23.2 Å². The van der Waals surface area contributed by atoms with E-state index < -0.39 is 4.33 Å². The molecule has 0 amide bonds. The topological polar surface area (TPSA) is 41.6 Å². The lowest BCUT2D eigenvalue weighted by Gasteiger charge is -2.36. The predicted octanol–water partition coefficient (Wildman–Crippen LogP) is 3.45. The first-order valence-electron chi connectivity index (χ1n) is 5.93. The fourth-order valence-electron chi connectivity index (χ4n) is 2.25. The highest BCUT2D eigenvalue weighted by Crippen LogP contribution is 2.50. The van der Waals surface area contributed by atoms with Gasteiger partial charge in [0.2, 0.25) is 0 Å². The van der Waals surface area contributed by atoms with Crippen molar-refractivity contribution in [3.8, 4) is 0 Å². The summed E-state index contributed by atoms with van der Waals surface area (Å²) in [7, 11) is 0. The lowest BCUT2D eigenvalue weighted by atomic mass is 9.83. The Kier molecular flexibility index (Phi) is 3.04. The number of halogens is 2. The number of hydrogen-bond acceptors (Lipinski definition) is 2. The molecule has 0 spiro atoms. The summed E-state index contributed by atoms with van der Waals surface area (Å²) in [5, 5.41) is 0. The van der Waals surface area contributed by atoms with E-state index in [0.29, 0.717) is 5.92 Å². The first-order chi connectivity index (χ1) is 8.62. The maximum atomic E-state index is 6.00. The second kappa shape index (κ2) is 4.56. The molecule has 1 N–H and O–H groups in total. The van der Waals surface area contributed by atoms with Crippen molar-refractivity contribution < 1.29 is 0 Å². The van der Waals surface area contributed by atoms with Crippen molar-refractivity contribution >= 4 is 23.2 Å². The number of H-pyrrole nitrogens is 1. The molecule has 1 saturated carbocycles. The lowest BCUT2D eigenvalue weighted by molar-refractivity contribution is 0.375. The summed E-state index contributed by atoms with van der Waals surface area (Å²) in [5.74, 6) is 1.36. The minimum Gasteiger partial charge on any atom is -0.345 e. The Labute approximate surface area is 116 Å². The molecule has 0 radical (unpaired) electrons. The number of nitrogens with zero attached hydrogens (tertiary/aromatic N) is 2. The Morgan fingerprint density at radius 1 is 1.28 bits per heavy atom. The highest BCUT2D eigenvalue weighted by molar-refractivity contribution is 6.49. The third kappa shape index (κ3) is 2.52. The van der Waals surface area contributed by atoms with E-state index in [9.17, 15) is 0 Å². The number of aromatic nitrogens is 3. The van der Waals surface area contributed by atoms with Gasteiger partial charge in [-0.3, -0.25) is 4.98 Å². The number of rotatable bonds is 3. The van der Waals surface area contributed by atoms with Gasteiger partial charge < -0.3 is 4.98 Å². The van der Waals surface area contributed by atoms with Crippen LogP contribution in [0, 0.1) is 0 Å². The van der Waals surface area contributed by atoms with Crippen molar-refractivity contribution in [3.05, 3.63) is 47.8 Å². The molecular weight excluding hydrogens is 269 g/mol. The third-order valence-corrected chi connectivity index (χ3v) is 3.89. The second-order valence-electron chi connectivity index (χ2n) is 4.79. The van der Waals surface area contributed by atoms with Crippen molar-refractivity contribution in [3.63, 3.8) is 0 Å². The number of imidazole rings is 1. The van der Waals surface area contributed by atoms with Crippen molar-refractivity contribution in [2.75, 3.05) is 0 Å². The molecule has 2 heterocycles. The summed E-state index contributed by atoms with van der Waals surface area (Å²) in [6.45, 7) is 0. The molecule has 1 fully saturated rings. The number of aromatic amines is 1. The van der Waals surface area contributed by atoms with Crippen molar-refractivity contribution in [2.45, 2.75) is 29.5 Å². The molecule has 3 rings (SSSR count). The fraction of sp³-hybridized carbons (Fsp3) is 0.385. The number of pyridine rings is 1. The van der Waals surface area contributed by atoms with E-state index in [1.807, 2.05) is 18.3 Å². The summed E-state index contributed by atoms with van der Waals surface area (Å²) in [6, 6.07) is 4.01. The molecule has 1 aliphatic carbocycles. The van der Waals surface area contributed by atoms with Crippen LogP contribution in [0.5, 0.6) is 0 Å². The monoisotopic (exact) mass is 281 g/mol. The SMILES string of the molecule is ClC1(Cl)CC(c2ncc(Cc3ccncc3)[nH]2)C1. The first-order valence-corrected chi connectivity index (χ1v) is 6.68. The lowest BCUT2D eigenvalue weighted by Crippen LogP contribution is -2.32. The van der Waals surface area contributed by atoms with Crippen LogP contribution in [0.2, 0.25) is 0 Å². The van der Waals surface area contributed by atoms with Gasteiger partial charge in [0.25, 0.3) is 0 Å². The minimum absolute atomic E-state index is 0.367. The van der Waals surface area contributed by atoms with Gasteiger partial charge in [0.15, 0.2) is 0 Å². The highest BCUT2D eigenvalue weighted by atomic mass is 35.5. The normalized spacial score (nSPS) is 18.6. The molecule has 0 aliphatic heterocycles. The Balaban J connectivity index is 1.67. The predicted molar refractivity (Wildman–Crippen MR) is 72.0 cm³/mol. The number of nitrogens with one attached hydrogen (secondary N) is 1. The van der Waals surface area contributed by atoms with Crippen LogP contribution in [0.25, 0.3) is 0 Å². The van der Waals surface area contributed by atoms with Crippen molar-refractivity contribution in [2.24, 2.45) is 0 Å². The van der Waals surface area contributed by atoms with Gasteiger partial charge in [0.05, 0.1) is 0 Å². The second-order valence-corrected chi connectivity index (χ2v) is 6.43. The quantitative estimate of drug-likeness (QED) is 0.876. The van der Waals surface area contributed by atoms with E-state index in [2.05, 4.69) is 15.0 Å². The average Bonchev–Trinajstić information content (AvgIpc) is 2.75. The van der Waals surface area contributed by atoms with Gasteiger partial charge >= 0.3 is 0 Å². The van der Waals surface area contributed by atoms with Crippen molar-refractivity contribution in [1.29, 1.82) is 0 Å². The molecule has 0 atom stereocenters. The minimum atomic E-state index is -0.553. The molecule has 3 nitrogen and oxygen atoms in total. The largest absolute Gasteiger partial charge is 0.345 e. The molecule has 2 aromatic rings. The summed E-state index contributed by atoms with van der Waals surface area (Å²) in [5.41, 5.74) is 2.33. The van der Waals surface area contributed by atoms with Gasteiger partial charge in [0.1, 0.15) is 10.2 Å². The van der Waals surface area contributed by atoms with Crippen LogP contribution in [0.3, 0.4) is 0 Å². The van der Waals surface area contributed by atoms with Crippen LogP contribution in [-0.4, -0.2) is 19.3 Å². The Hall–Kier alpha value is -1.06. The zero-order valence-corrected chi connectivity index (χ0v) is 11.2. The van der Waals surface area contributed by atoms with E-state index in [4.69, 9.17) is 23.2 Å². The molecule has 94 valence electrons. The van der Waals surface area contributed by atoms with Crippen LogP contribution < -0.4 is 0 Å². The smallest absolute Gasteiger partial charge is 0.119 e. The summed E-state index contributed by atoms with van der Waals surface area (Å²) >= 11 is 12.0.